The molecule has 3 N–H and O–H groups in total. The number of amides is 1. The molecule has 76 valence electrons. The smallest absolute Gasteiger partial charge is 0.269 e. The molecule has 0 saturated carbocycles. The Labute approximate surface area is 93.7 Å². The summed E-state index contributed by atoms with van der Waals surface area (Å²) in [6.07, 6.45) is 0. The molecule has 0 fully saturated rings. The summed E-state index contributed by atoms with van der Waals surface area (Å²) in [4.78, 5) is 11.2. The third-order valence-electron chi connectivity index (χ3n) is 1.63. The third-order valence-corrected chi connectivity index (χ3v) is 2.53. The molecule has 0 aliphatic heterocycles. The second kappa shape index (κ2) is 4.56. The Balaban J connectivity index is 3.32. The van der Waals surface area contributed by atoms with Gasteiger partial charge < -0.3 is 4.74 Å². The number of carbonyl (C=O) groups is 1. The molecule has 4 nitrogen and oxygen atoms in total. The number of rotatable bonds is 2. The number of nitrogens with one attached hydrogen (secondary N) is 1. The monoisotopic (exact) mass is 310 g/mol. The number of ether oxygens (including phenoxy) is 1. The molecule has 1 aromatic carbocycles. The lowest BCUT2D eigenvalue weighted by Gasteiger charge is -2.07. The molecular formula is C8H8FIN2O2. The molecular weight excluding hydrogens is 302 g/mol. The molecule has 0 saturated heterocycles. The predicted octanol–water partition coefficient (Wildman–Crippen LogP) is 1.04. The molecule has 0 aromatic heterocycles. The van der Waals surface area contributed by atoms with Gasteiger partial charge in [-0.15, -0.1) is 0 Å². The summed E-state index contributed by atoms with van der Waals surface area (Å²) in [5.74, 6) is 3.56. The highest BCUT2D eigenvalue weighted by Gasteiger charge is 2.18. The number of methoxy groups -OCH3 is 1. The normalized spacial score (nSPS) is 9.71. The molecule has 6 heteroatoms. The summed E-state index contributed by atoms with van der Waals surface area (Å²) in [5, 5.41) is 0. The molecule has 0 aliphatic rings. The number of nitrogen functional groups attached to an aromatic ring is 1. The van der Waals surface area contributed by atoms with E-state index in [2.05, 4.69) is 0 Å². The molecule has 0 heterocycles. The first-order chi connectivity index (χ1) is 6.61. The molecule has 1 rings (SSSR count). The third kappa shape index (κ3) is 1.95. The van der Waals surface area contributed by atoms with Crippen LogP contribution in [0.15, 0.2) is 12.1 Å². The van der Waals surface area contributed by atoms with E-state index < -0.39 is 11.7 Å². The van der Waals surface area contributed by atoms with Crippen LogP contribution in [0, 0.1) is 9.39 Å². The van der Waals surface area contributed by atoms with E-state index in [1.54, 1.807) is 6.07 Å². The predicted molar refractivity (Wildman–Crippen MR) is 57.3 cm³/mol. The van der Waals surface area contributed by atoms with Crippen molar-refractivity contribution in [3.05, 3.63) is 27.1 Å². The van der Waals surface area contributed by atoms with Crippen molar-refractivity contribution in [3.8, 4) is 5.75 Å². The standard InChI is InChI=1S/C8H8FIN2O2/c1-14-5-3-2-4(10)6(7(5)9)8(13)12-11/h2-3H,11H2,1H3,(H,12,13). The van der Waals surface area contributed by atoms with Gasteiger partial charge in [-0.3, -0.25) is 10.2 Å². The van der Waals surface area contributed by atoms with Crippen LogP contribution >= 0.6 is 22.6 Å². The number of hydrogen-bond acceptors (Lipinski definition) is 3. The van der Waals surface area contributed by atoms with E-state index >= 15 is 0 Å². The molecule has 0 radical (unpaired) electrons. The average Bonchev–Trinajstić information content (AvgIpc) is 2.18. The summed E-state index contributed by atoms with van der Waals surface area (Å²) >= 11 is 1.85. The summed E-state index contributed by atoms with van der Waals surface area (Å²) in [6, 6.07) is 3.03. The zero-order valence-corrected chi connectivity index (χ0v) is 9.46. The number of hydrazine groups is 1. The maximum Gasteiger partial charge on any atom is 0.269 e. The Morgan fingerprint density at radius 3 is 2.79 bits per heavy atom. The van der Waals surface area contributed by atoms with Gasteiger partial charge in [0.2, 0.25) is 0 Å². The van der Waals surface area contributed by atoms with Crippen LogP contribution in [0.25, 0.3) is 0 Å². The number of hydrogen-bond donors (Lipinski definition) is 2. The lowest BCUT2D eigenvalue weighted by Crippen LogP contribution is -2.31. The van der Waals surface area contributed by atoms with Gasteiger partial charge in [-0.05, 0) is 34.7 Å². The fourth-order valence-corrected chi connectivity index (χ4v) is 1.63. The van der Waals surface area contributed by atoms with Crippen LogP contribution in [0.3, 0.4) is 0 Å². The molecule has 1 amide bonds. The maximum atomic E-state index is 13.5. The molecule has 1 aromatic rings. The quantitative estimate of drug-likeness (QED) is 0.371. The van der Waals surface area contributed by atoms with Gasteiger partial charge in [0.1, 0.15) is 0 Å². The summed E-state index contributed by atoms with van der Waals surface area (Å²) < 4.78 is 18.7. The second-order valence-electron chi connectivity index (χ2n) is 2.41. The van der Waals surface area contributed by atoms with Gasteiger partial charge in [0.15, 0.2) is 11.6 Å². The Morgan fingerprint density at radius 2 is 2.29 bits per heavy atom. The van der Waals surface area contributed by atoms with Crippen LogP contribution in [-0.4, -0.2) is 13.0 Å². The van der Waals surface area contributed by atoms with Crippen molar-refractivity contribution in [3.63, 3.8) is 0 Å². The SMILES string of the molecule is COc1ccc(I)c(C(=O)NN)c1F. The van der Waals surface area contributed by atoms with E-state index in [-0.39, 0.29) is 11.3 Å². The lowest BCUT2D eigenvalue weighted by atomic mass is 10.2. The van der Waals surface area contributed by atoms with Gasteiger partial charge >= 0.3 is 0 Å². The Hall–Kier alpha value is -0.890. The van der Waals surface area contributed by atoms with Crippen LogP contribution in [-0.2, 0) is 0 Å². The summed E-state index contributed by atoms with van der Waals surface area (Å²) in [6.45, 7) is 0. The van der Waals surface area contributed by atoms with E-state index in [0.717, 1.165) is 0 Å². The van der Waals surface area contributed by atoms with Gasteiger partial charge in [-0.1, -0.05) is 0 Å². The summed E-state index contributed by atoms with van der Waals surface area (Å²) in [7, 11) is 1.33. The van der Waals surface area contributed by atoms with Gasteiger partial charge in [-0.2, -0.15) is 0 Å². The Kier molecular flexibility index (Phi) is 3.64. The zero-order valence-electron chi connectivity index (χ0n) is 7.30. The van der Waals surface area contributed by atoms with Crippen molar-refractivity contribution >= 4 is 28.5 Å². The van der Waals surface area contributed by atoms with Gasteiger partial charge in [0, 0.05) is 3.57 Å². The van der Waals surface area contributed by atoms with E-state index in [1.807, 2.05) is 28.0 Å². The number of halogens is 2. The van der Waals surface area contributed by atoms with Crippen LogP contribution < -0.4 is 16.0 Å². The molecule has 0 aliphatic carbocycles. The number of carbonyl (C=O) groups excluding carboxylic acids is 1. The van der Waals surface area contributed by atoms with Gasteiger partial charge in [0.25, 0.3) is 5.91 Å². The first-order valence-electron chi connectivity index (χ1n) is 3.64. The minimum absolute atomic E-state index is 0.0176. The first-order valence-corrected chi connectivity index (χ1v) is 4.72. The van der Waals surface area contributed by atoms with E-state index in [9.17, 15) is 9.18 Å². The molecule has 0 unspecified atom stereocenters. The van der Waals surface area contributed by atoms with Crippen molar-refractivity contribution in [2.24, 2.45) is 5.84 Å². The van der Waals surface area contributed by atoms with Crippen molar-refractivity contribution in [1.82, 2.24) is 5.43 Å². The highest BCUT2D eigenvalue weighted by Crippen LogP contribution is 2.24. The Bertz CT molecular complexity index is 371. The fourth-order valence-electron chi connectivity index (χ4n) is 0.971. The molecule has 0 spiro atoms. The lowest BCUT2D eigenvalue weighted by molar-refractivity contribution is 0.0948. The number of benzene rings is 1. The van der Waals surface area contributed by atoms with Gasteiger partial charge in [-0.25, -0.2) is 10.2 Å². The van der Waals surface area contributed by atoms with Crippen molar-refractivity contribution in [2.75, 3.05) is 7.11 Å². The van der Waals surface area contributed by atoms with Crippen molar-refractivity contribution in [2.45, 2.75) is 0 Å². The highest BCUT2D eigenvalue weighted by molar-refractivity contribution is 14.1. The fraction of sp³-hybridized carbons (Fsp3) is 0.125. The van der Waals surface area contributed by atoms with Crippen LogP contribution in [0.4, 0.5) is 4.39 Å². The summed E-state index contributed by atoms with van der Waals surface area (Å²) in [5.41, 5.74) is 1.77. The largest absolute Gasteiger partial charge is 0.494 e. The van der Waals surface area contributed by atoms with E-state index in [4.69, 9.17) is 10.6 Å². The second-order valence-corrected chi connectivity index (χ2v) is 3.57. The number of nitrogens with two attached hydrogens (primary N) is 1. The average molecular weight is 310 g/mol. The van der Waals surface area contributed by atoms with Crippen LogP contribution in [0.2, 0.25) is 0 Å². The zero-order chi connectivity index (χ0) is 10.7. The van der Waals surface area contributed by atoms with Crippen molar-refractivity contribution < 1.29 is 13.9 Å². The van der Waals surface area contributed by atoms with Crippen molar-refractivity contribution in [1.29, 1.82) is 0 Å². The van der Waals surface area contributed by atoms with Crippen LogP contribution in [0.1, 0.15) is 10.4 Å². The Morgan fingerprint density at radius 1 is 1.64 bits per heavy atom. The minimum Gasteiger partial charge on any atom is -0.494 e. The maximum absolute atomic E-state index is 13.5. The topological polar surface area (TPSA) is 64.3 Å². The van der Waals surface area contributed by atoms with Crippen LogP contribution in [0.5, 0.6) is 5.75 Å². The van der Waals surface area contributed by atoms with Gasteiger partial charge in [0.05, 0.1) is 12.7 Å². The minimum atomic E-state index is -0.706. The molecule has 14 heavy (non-hydrogen) atoms. The molecule has 0 atom stereocenters. The van der Waals surface area contributed by atoms with E-state index in [0.29, 0.717) is 3.57 Å². The molecule has 0 bridgehead atoms. The highest BCUT2D eigenvalue weighted by atomic mass is 127. The first kappa shape index (κ1) is 11.2. The van der Waals surface area contributed by atoms with E-state index in [1.165, 1.54) is 13.2 Å².